The number of hydrogen-bond acceptors (Lipinski definition) is 5. The van der Waals surface area contributed by atoms with E-state index in [9.17, 15) is 14.7 Å². The van der Waals surface area contributed by atoms with E-state index >= 15 is 0 Å². The van der Waals surface area contributed by atoms with Crippen molar-refractivity contribution in [3.63, 3.8) is 0 Å². The minimum Gasteiger partial charge on any atom is -0.480 e. The summed E-state index contributed by atoms with van der Waals surface area (Å²) < 4.78 is 18.1. The van der Waals surface area contributed by atoms with Gasteiger partial charge in [-0.25, -0.2) is 9.59 Å². The third-order valence-electron chi connectivity index (χ3n) is 5.63. The summed E-state index contributed by atoms with van der Waals surface area (Å²) in [6.07, 6.45) is -0.780. The van der Waals surface area contributed by atoms with Crippen LogP contribution in [0.3, 0.4) is 0 Å². The maximum absolute atomic E-state index is 12.3. The van der Waals surface area contributed by atoms with Gasteiger partial charge in [0, 0.05) is 17.5 Å². The second-order valence-corrected chi connectivity index (χ2v) is 9.77. The lowest BCUT2D eigenvalue weighted by Crippen LogP contribution is -2.54. The predicted molar refractivity (Wildman–Crippen MR) is 130 cm³/mol. The molecule has 7 heteroatoms. The molecule has 0 bridgehead atoms. The number of aliphatic carboxylic acids is 1. The minimum atomic E-state index is -1.59. The molecule has 3 aromatic rings. The smallest absolute Gasteiger partial charge is 0.408 e. The fourth-order valence-corrected chi connectivity index (χ4v) is 3.98. The van der Waals surface area contributed by atoms with Gasteiger partial charge in [0.15, 0.2) is 11.5 Å². The van der Waals surface area contributed by atoms with Crippen LogP contribution >= 0.6 is 0 Å². The summed E-state index contributed by atoms with van der Waals surface area (Å²) in [6, 6.07) is 24.5. The third kappa shape index (κ3) is 5.09. The van der Waals surface area contributed by atoms with Crippen LogP contribution in [0, 0.1) is 0 Å². The topological polar surface area (TPSA) is 94.1 Å². The first kappa shape index (κ1) is 24.1. The zero-order valence-corrected chi connectivity index (χ0v) is 20.2. The Bertz CT molecular complexity index is 1180. The Kier molecular flexibility index (Phi) is 6.19. The first-order valence-electron chi connectivity index (χ1n) is 11.4. The van der Waals surface area contributed by atoms with Crippen LogP contribution in [0.25, 0.3) is 0 Å². The van der Waals surface area contributed by atoms with Gasteiger partial charge in [-0.2, -0.15) is 0 Å². The number of carboxylic acids is 1. The molecule has 1 heterocycles. The lowest BCUT2D eigenvalue weighted by atomic mass is 9.93. The average Bonchev–Trinajstić information content (AvgIpc) is 3.19. The molecular formula is C28H29NO6. The van der Waals surface area contributed by atoms with Crippen LogP contribution in [-0.2, 0) is 21.7 Å². The van der Waals surface area contributed by atoms with E-state index in [0.717, 1.165) is 11.1 Å². The van der Waals surface area contributed by atoms with Crippen LogP contribution in [0.2, 0.25) is 0 Å². The zero-order chi connectivity index (χ0) is 25.3. The monoisotopic (exact) mass is 475 g/mol. The van der Waals surface area contributed by atoms with E-state index in [0.29, 0.717) is 17.1 Å². The molecule has 182 valence electrons. The molecular weight excluding hydrogens is 446 g/mol. The van der Waals surface area contributed by atoms with Crippen molar-refractivity contribution in [1.82, 2.24) is 5.32 Å². The Morgan fingerprint density at radius 1 is 0.857 bits per heavy atom. The molecule has 0 fully saturated rings. The number of alkyl carbamates (subject to hydrolysis) is 1. The van der Waals surface area contributed by atoms with E-state index < -0.39 is 29.0 Å². The highest BCUT2D eigenvalue weighted by Crippen LogP contribution is 2.48. The molecule has 1 aliphatic rings. The third-order valence-corrected chi connectivity index (χ3v) is 5.63. The molecule has 1 aliphatic heterocycles. The summed E-state index contributed by atoms with van der Waals surface area (Å²) >= 11 is 0. The van der Waals surface area contributed by atoms with Crippen molar-refractivity contribution in [3.8, 4) is 11.5 Å². The molecule has 0 saturated carbocycles. The fourth-order valence-electron chi connectivity index (χ4n) is 3.98. The summed E-state index contributed by atoms with van der Waals surface area (Å²) in [5, 5.41) is 12.4. The van der Waals surface area contributed by atoms with Gasteiger partial charge in [-0.15, -0.1) is 0 Å². The molecule has 1 unspecified atom stereocenters. The van der Waals surface area contributed by atoms with Crippen molar-refractivity contribution in [1.29, 1.82) is 0 Å². The zero-order valence-electron chi connectivity index (χ0n) is 20.2. The molecule has 1 amide bonds. The highest BCUT2D eigenvalue weighted by atomic mass is 16.7. The van der Waals surface area contributed by atoms with Crippen LogP contribution in [-0.4, -0.2) is 28.3 Å². The van der Waals surface area contributed by atoms with Crippen LogP contribution in [0.15, 0.2) is 78.9 Å². The lowest BCUT2D eigenvalue weighted by molar-refractivity contribution is -0.144. The van der Waals surface area contributed by atoms with E-state index in [1.807, 2.05) is 60.7 Å². The van der Waals surface area contributed by atoms with Gasteiger partial charge in [-0.3, -0.25) is 0 Å². The number of hydrogen-bond donors (Lipinski definition) is 2. The maximum atomic E-state index is 12.3. The number of carboxylic acid groups (broad SMARTS) is 1. The quantitative estimate of drug-likeness (QED) is 0.504. The number of carbonyl (C=O) groups is 2. The highest BCUT2D eigenvalue weighted by molar-refractivity contribution is 5.84. The number of carbonyl (C=O) groups excluding carboxylic acids is 1. The first-order valence-corrected chi connectivity index (χ1v) is 11.4. The summed E-state index contributed by atoms with van der Waals surface area (Å²) in [4.78, 5) is 24.4. The number of nitrogens with one attached hydrogen (secondary N) is 1. The van der Waals surface area contributed by atoms with Gasteiger partial charge < -0.3 is 24.6 Å². The van der Waals surface area contributed by atoms with Crippen molar-refractivity contribution in [2.24, 2.45) is 0 Å². The number of ether oxygens (including phenoxy) is 3. The number of amides is 1. The van der Waals surface area contributed by atoms with Crippen LogP contribution < -0.4 is 14.8 Å². The normalized spacial score (nSPS) is 15.7. The first-order chi connectivity index (χ1) is 16.5. The Morgan fingerprint density at radius 3 is 1.91 bits per heavy atom. The maximum Gasteiger partial charge on any atom is 0.408 e. The molecule has 4 rings (SSSR count). The van der Waals surface area contributed by atoms with Crippen LogP contribution in [0.5, 0.6) is 11.5 Å². The fraction of sp³-hybridized carbons (Fsp3) is 0.286. The molecule has 35 heavy (non-hydrogen) atoms. The van der Waals surface area contributed by atoms with Gasteiger partial charge in [0.25, 0.3) is 0 Å². The van der Waals surface area contributed by atoms with Gasteiger partial charge in [0.1, 0.15) is 11.1 Å². The number of fused-ring (bicyclic) bond motifs is 1. The van der Waals surface area contributed by atoms with Gasteiger partial charge in [-0.1, -0.05) is 66.7 Å². The van der Waals surface area contributed by atoms with E-state index in [1.165, 1.54) is 6.92 Å². The molecule has 0 aliphatic carbocycles. The Morgan fingerprint density at radius 2 is 1.40 bits per heavy atom. The standard InChI is InChI=1S/C28H29NO6/c1-26(2,3)35-25(32)29-27(4,24(30)31)18-19-15-16-22-23(17-19)34-28(33-22,20-11-7-5-8-12-20)21-13-9-6-10-14-21/h5-17H,18H2,1-4H3,(H,29,32)(H,30,31). The van der Waals surface area contributed by atoms with Gasteiger partial charge in [0.05, 0.1) is 0 Å². The Hall–Kier alpha value is -4.00. The van der Waals surface area contributed by atoms with Crippen molar-refractivity contribution in [3.05, 3.63) is 95.6 Å². The van der Waals surface area contributed by atoms with Gasteiger partial charge >= 0.3 is 17.8 Å². The van der Waals surface area contributed by atoms with Crippen LogP contribution in [0.4, 0.5) is 4.79 Å². The van der Waals surface area contributed by atoms with E-state index in [4.69, 9.17) is 14.2 Å². The summed E-state index contributed by atoms with van der Waals surface area (Å²) in [5.41, 5.74) is -0.0334. The molecule has 3 aromatic carbocycles. The average molecular weight is 476 g/mol. The number of rotatable bonds is 6. The van der Waals surface area contributed by atoms with E-state index in [1.54, 1.807) is 39.0 Å². The second-order valence-electron chi connectivity index (χ2n) is 9.77. The molecule has 7 nitrogen and oxygen atoms in total. The minimum absolute atomic E-state index is 0.0158. The van der Waals surface area contributed by atoms with E-state index in [2.05, 4.69) is 5.32 Å². The van der Waals surface area contributed by atoms with Crippen molar-refractivity contribution >= 4 is 12.1 Å². The van der Waals surface area contributed by atoms with Crippen molar-refractivity contribution in [2.75, 3.05) is 0 Å². The summed E-state index contributed by atoms with van der Waals surface area (Å²) in [7, 11) is 0. The summed E-state index contributed by atoms with van der Waals surface area (Å²) in [5.74, 6) is -1.32. The molecule has 0 radical (unpaired) electrons. The SMILES string of the molecule is CC(C)(C)OC(=O)NC(C)(Cc1ccc2c(c1)OC(c1ccccc1)(c1ccccc1)O2)C(=O)O. The van der Waals surface area contributed by atoms with Crippen molar-refractivity contribution < 1.29 is 28.9 Å². The summed E-state index contributed by atoms with van der Waals surface area (Å²) in [6.45, 7) is 6.60. The Labute approximate surface area is 204 Å². The molecule has 0 spiro atoms. The van der Waals surface area contributed by atoms with Crippen molar-refractivity contribution in [2.45, 2.75) is 51.0 Å². The number of benzene rings is 3. The largest absolute Gasteiger partial charge is 0.480 e. The lowest BCUT2D eigenvalue weighted by Gasteiger charge is -2.29. The van der Waals surface area contributed by atoms with Gasteiger partial charge in [-0.05, 0) is 45.4 Å². The second kappa shape index (κ2) is 8.98. The molecule has 2 N–H and O–H groups in total. The van der Waals surface area contributed by atoms with E-state index in [-0.39, 0.29) is 6.42 Å². The van der Waals surface area contributed by atoms with Crippen LogP contribution in [0.1, 0.15) is 44.4 Å². The molecule has 1 atom stereocenters. The highest BCUT2D eigenvalue weighted by Gasteiger charge is 2.46. The molecule has 0 aromatic heterocycles. The Balaban J connectivity index is 1.63. The molecule has 0 saturated heterocycles. The predicted octanol–water partition coefficient (Wildman–Crippen LogP) is 5.27. The van der Waals surface area contributed by atoms with Gasteiger partial charge in [0.2, 0.25) is 0 Å².